The van der Waals surface area contributed by atoms with E-state index in [1.165, 1.54) is 12.4 Å². The Morgan fingerprint density at radius 3 is 2.87 bits per heavy atom. The van der Waals surface area contributed by atoms with Gasteiger partial charge in [-0.3, -0.25) is 4.79 Å². The molecule has 0 aliphatic heterocycles. The highest BCUT2D eigenvalue weighted by Crippen LogP contribution is 2.09. The Morgan fingerprint density at radius 1 is 1.67 bits per heavy atom. The number of halogens is 1. The number of amides is 1. The van der Waals surface area contributed by atoms with E-state index in [1.54, 1.807) is 6.92 Å². The normalized spacial score (nSPS) is 11.5. The van der Waals surface area contributed by atoms with E-state index in [9.17, 15) is 4.79 Å². The molecule has 1 rings (SSSR count). The predicted octanol–water partition coefficient (Wildman–Crippen LogP) is 1.73. The number of hydrogen-bond donors (Lipinski definition) is 1. The summed E-state index contributed by atoms with van der Waals surface area (Å²) in [6.45, 7) is 1.78. The van der Waals surface area contributed by atoms with E-state index < -0.39 is 5.92 Å². The summed E-state index contributed by atoms with van der Waals surface area (Å²) in [5.41, 5.74) is 0. The molecule has 1 aromatic rings. The van der Waals surface area contributed by atoms with Crippen molar-refractivity contribution in [2.75, 3.05) is 5.32 Å². The number of aromatic nitrogens is 2. The molecule has 0 saturated carbocycles. The lowest BCUT2D eigenvalue weighted by atomic mass is 10.1. The van der Waals surface area contributed by atoms with Crippen molar-refractivity contribution in [3.05, 3.63) is 17.0 Å². The van der Waals surface area contributed by atoms with E-state index in [4.69, 9.17) is 5.26 Å². The molecule has 1 aromatic heterocycles. The Bertz CT molecular complexity index is 384. The number of carbonyl (C=O) groups excluding carboxylic acids is 1. The van der Waals surface area contributed by atoms with Gasteiger partial charge in [0.2, 0.25) is 5.91 Å². The van der Waals surface area contributed by atoms with Gasteiger partial charge in [-0.2, -0.15) is 5.26 Å². The Hall–Kier alpha value is -1.48. The molecule has 0 aromatic carbocycles. The van der Waals surface area contributed by atoms with Gasteiger partial charge in [-0.25, -0.2) is 9.97 Å². The first kappa shape index (κ1) is 11.6. The van der Waals surface area contributed by atoms with Crippen molar-refractivity contribution in [3.8, 4) is 6.07 Å². The Balaban J connectivity index is 2.67. The molecule has 5 nitrogen and oxygen atoms in total. The van der Waals surface area contributed by atoms with Crippen LogP contribution in [0.3, 0.4) is 0 Å². The molecule has 1 atom stereocenters. The molecule has 0 spiro atoms. The Labute approximate surface area is 95.7 Å². The third-order valence-electron chi connectivity index (χ3n) is 1.75. The number of nitriles is 1. The summed E-state index contributed by atoms with van der Waals surface area (Å²) in [7, 11) is 0. The molecule has 0 aliphatic carbocycles. The van der Waals surface area contributed by atoms with Gasteiger partial charge < -0.3 is 5.32 Å². The van der Waals surface area contributed by atoms with E-state index in [0.717, 1.165) is 0 Å². The SMILES string of the molecule is CCC(C#N)C(=O)Nc1cnc(Br)cn1. The molecule has 1 unspecified atom stereocenters. The maximum atomic E-state index is 11.4. The molecule has 6 heteroatoms. The van der Waals surface area contributed by atoms with E-state index in [1.807, 2.05) is 6.07 Å². The van der Waals surface area contributed by atoms with Crippen LogP contribution in [0.4, 0.5) is 5.82 Å². The molecule has 1 amide bonds. The molecular formula is C9H9BrN4O. The first-order valence-corrected chi connectivity index (χ1v) is 5.14. The van der Waals surface area contributed by atoms with Gasteiger partial charge in [0.25, 0.3) is 0 Å². The number of hydrogen-bond acceptors (Lipinski definition) is 4. The third kappa shape index (κ3) is 3.29. The maximum absolute atomic E-state index is 11.4. The number of anilines is 1. The fourth-order valence-corrected chi connectivity index (χ4v) is 1.13. The molecule has 0 saturated heterocycles. The summed E-state index contributed by atoms with van der Waals surface area (Å²) < 4.78 is 0.591. The highest BCUT2D eigenvalue weighted by atomic mass is 79.9. The van der Waals surface area contributed by atoms with E-state index >= 15 is 0 Å². The van der Waals surface area contributed by atoms with Crippen molar-refractivity contribution in [1.82, 2.24) is 9.97 Å². The average molecular weight is 269 g/mol. The summed E-state index contributed by atoms with van der Waals surface area (Å²) >= 11 is 3.13. The van der Waals surface area contributed by atoms with Crippen molar-refractivity contribution in [2.24, 2.45) is 5.92 Å². The van der Waals surface area contributed by atoms with Crippen LogP contribution in [0.2, 0.25) is 0 Å². The summed E-state index contributed by atoms with van der Waals surface area (Å²) in [6.07, 6.45) is 3.38. The van der Waals surface area contributed by atoms with Crippen LogP contribution in [-0.4, -0.2) is 15.9 Å². The van der Waals surface area contributed by atoms with Gasteiger partial charge in [-0.15, -0.1) is 0 Å². The standard InChI is InChI=1S/C9H9BrN4O/c1-2-6(3-11)9(15)14-8-5-12-7(10)4-13-8/h4-6H,2H2,1H3,(H,13,14,15). The van der Waals surface area contributed by atoms with Gasteiger partial charge >= 0.3 is 0 Å². The van der Waals surface area contributed by atoms with Crippen LogP contribution in [-0.2, 0) is 4.79 Å². The van der Waals surface area contributed by atoms with Gasteiger partial charge in [0.05, 0.1) is 18.5 Å². The van der Waals surface area contributed by atoms with Crippen LogP contribution in [0.25, 0.3) is 0 Å². The lowest BCUT2D eigenvalue weighted by Crippen LogP contribution is -2.21. The van der Waals surface area contributed by atoms with E-state index in [-0.39, 0.29) is 5.91 Å². The Kier molecular flexibility index (Phi) is 4.18. The topological polar surface area (TPSA) is 78.7 Å². The van der Waals surface area contributed by atoms with E-state index in [0.29, 0.717) is 16.8 Å². The van der Waals surface area contributed by atoms with Crippen molar-refractivity contribution in [1.29, 1.82) is 5.26 Å². The average Bonchev–Trinajstić information content (AvgIpc) is 2.23. The quantitative estimate of drug-likeness (QED) is 0.906. The molecule has 0 radical (unpaired) electrons. The fourth-order valence-electron chi connectivity index (χ4n) is 0.925. The molecule has 0 fully saturated rings. The highest BCUT2D eigenvalue weighted by Gasteiger charge is 2.15. The zero-order valence-electron chi connectivity index (χ0n) is 8.07. The smallest absolute Gasteiger partial charge is 0.242 e. The van der Waals surface area contributed by atoms with Crippen molar-refractivity contribution >= 4 is 27.7 Å². The van der Waals surface area contributed by atoms with Crippen LogP contribution in [0.15, 0.2) is 17.0 Å². The number of rotatable bonds is 3. The number of nitrogens with one attached hydrogen (secondary N) is 1. The van der Waals surface area contributed by atoms with Crippen molar-refractivity contribution < 1.29 is 4.79 Å². The van der Waals surface area contributed by atoms with Crippen molar-refractivity contribution in [2.45, 2.75) is 13.3 Å². The highest BCUT2D eigenvalue weighted by molar-refractivity contribution is 9.10. The second-order valence-corrected chi connectivity index (χ2v) is 3.62. The zero-order chi connectivity index (χ0) is 11.3. The maximum Gasteiger partial charge on any atom is 0.242 e. The third-order valence-corrected chi connectivity index (χ3v) is 2.16. The molecule has 15 heavy (non-hydrogen) atoms. The molecule has 78 valence electrons. The van der Waals surface area contributed by atoms with Crippen LogP contribution in [0.5, 0.6) is 0 Å². The van der Waals surface area contributed by atoms with E-state index in [2.05, 4.69) is 31.2 Å². The van der Waals surface area contributed by atoms with Gasteiger partial charge in [0, 0.05) is 0 Å². The zero-order valence-corrected chi connectivity index (χ0v) is 9.65. The molecular weight excluding hydrogens is 260 g/mol. The molecule has 0 aliphatic rings. The second kappa shape index (κ2) is 5.41. The van der Waals surface area contributed by atoms with Crippen LogP contribution in [0, 0.1) is 17.2 Å². The largest absolute Gasteiger partial charge is 0.308 e. The Morgan fingerprint density at radius 2 is 2.40 bits per heavy atom. The van der Waals surface area contributed by atoms with Crippen LogP contribution >= 0.6 is 15.9 Å². The minimum Gasteiger partial charge on any atom is -0.308 e. The van der Waals surface area contributed by atoms with Gasteiger partial charge in [-0.05, 0) is 22.4 Å². The van der Waals surface area contributed by atoms with Gasteiger partial charge in [0.1, 0.15) is 10.5 Å². The fraction of sp³-hybridized carbons (Fsp3) is 0.333. The predicted molar refractivity (Wildman–Crippen MR) is 57.8 cm³/mol. The number of carbonyl (C=O) groups is 1. The number of nitrogens with zero attached hydrogens (tertiary/aromatic N) is 3. The summed E-state index contributed by atoms with van der Waals surface area (Å²) in [5.74, 6) is -0.649. The van der Waals surface area contributed by atoms with Crippen LogP contribution < -0.4 is 5.32 Å². The minimum absolute atomic E-state index is 0.344. The first-order chi connectivity index (χ1) is 7.17. The minimum atomic E-state index is -0.643. The molecule has 1 heterocycles. The lowest BCUT2D eigenvalue weighted by Gasteiger charge is -2.06. The molecule has 0 bridgehead atoms. The van der Waals surface area contributed by atoms with Gasteiger partial charge in [0.15, 0.2) is 5.82 Å². The summed E-state index contributed by atoms with van der Waals surface area (Å²) in [4.78, 5) is 19.3. The van der Waals surface area contributed by atoms with Crippen molar-refractivity contribution in [3.63, 3.8) is 0 Å². The first-order valence-electron chi connectivity index (χ1n) is 4.35. The second-order valence-electron chi connectivity index (χ2n) is 2.80. The summed E-state index contributed by atoms with van der Waals surface area (Å²) in [5, 5.41) is 11.2. The van der Waals surface area contributed by atoms with Gasteiger partial charge in [-0.1, -0.05) is 6.92 Å². The molecule has 1 N–H and O–H groups in total. The summed E-state index contributed by atoms with van der Waals surface area (Å²) in [6, 6.07) is 1.91. The van der Waals surface area contributed by atoms with Crippen LogP contribution in [0.1, 0.15) is 13.3 Å². The lowest BCUT2D eigenvalue weighted by molar-refractivity contribution is -0.118. The monoisotopic (exact) mass is 268 g/mol.